The molecule has 146 valence electrons. The Morgan fingerprint density at radius 3 is 2.43 bits per heavy atom. The van der Waals surface area contributed by atoms with E-state index in [1.165, 1.54) is 0 Å². The minimum absolute atomic E-state index is 0.0129. The number of anilines is 1. The average Bonchev–Trinajstić information content (AvgIpc) is 3.01. The van der Waals surface area contributed by atoms with Crippen LogP contribution in [0.2, 0.25) is 0 Å². The molecule has 0 aliphatic carbocycles. The second kappa shape index (κ2) is 8.69. The zero-order chi connectivity index (χ0) is 20.1. The largest absolute Gasteiger partial charge is 0.349 e. The molecule has 0 spiro atoms. The number of rotatable bonds is 7. The molecule has 28 heavy (non-hydrogen) atoms. The van der Waals surface area contributed by atoms with E-state index in [-0.39, 0.29) is 18.4 Å². The first-order chi connectivity index (χ1) is 13.5. The van der Waals surface area contributed by atoms with Gasteiger partial charge >= 0.3 is 0 Å². The third-order valence-electron chi connectivity index (χ3n) is 4.70. The van der Waals surface area contributed by atoms with Crippen LogP contribution in [0.15, 0.2) is 42.5 Å². The number of para-hydroxylation sites is 3. The molecule has 0 bridgehead atoms. The van der Waals surface area contributed by atoms with Crippen molar-refractivity contribution < 1.29 is 9.59 Å². The highest BCUT2D eigenvalue weighted by Gasteiger charge is 2.15. The fraction of sp³-hybridized carbons (Fsp3) is 0.318. The van der Waals surface area contributed by atoms with E-state index in [0.717, 1.165) is 34.3 Å². The molecule has 0 atom stereocenters. The van der Waals surface area contributed by atoms with Gasteiger partial charge in [0.15, 0.2) is 0 Å². The summed E-state index contributed by atoms with van der Waals surface area (Å²) >= 11 is 0. The summed E-state index contributed by atoms with van der Waals surface area (Å²) in [6.07, 6.45) is 1.27. The van der Waals surface area contributed by atoms with Gasteiger partial charge < -0.3 is 15.2 Å². The number of carbonyl (C=O) groups is 2. The normalized spacial score (nSPS) is 10.8. The zero-order valence-electron chi connectivity index (χ0n) is 16.6. The number of aryl methyl sites for hydroxylation is 2. The number of nitrogens with zero attached hydrogens (tertiary/aromatic N) is 2. The van der Waals surface area contributed by atoms with Crippen LogP contribution < -0.4 is 10.6 Å². The quantitative estimate of drug-likeness (QED) is 0.658. The van der Waals surface area contributed by atoms with Crippen molar-refractivity contribution in [2.75, 3.05) is 5.32 Å². The first kappa shape index (κ1) is 19.6. The summed E-state index contributed by atoms with van der Waals surface area (Å²) in [5.41, 5.74) is 4.57. The molecule has 2 aromatic carbocycles. The van der Waals surface area contributed by atoms with E-state index < -0.39 is 0 Å². The van der Waals surface area contributed by atoms with E-state index in [2.05, 4.69) is 15.6 Å². The number of imidazole rings is 1. The fourth-order valence-corrected chi connectivity index (χ4v) is 3.26. The zero-order valence-corrected chi connectivity index (χ0v) is 16.6. The van der Waals surface area contributed by atoms with Crippen LogP contribution in [0, 0.1) is 13.8 Å². The van der Waals surface area contributed by atoms with Gasteiger partial charge in [-0.1, -0.05) is 37.3 Å². The number of fused-ring (bicyclic) bond motifs is 1. The molecule has 2 N–H and O–H groups in total. The number of benzene rings is 2. The third kappa shape index (κ3) is 4.39. The fourth-order valence-electron chi connectivity index (χ4n) is 3.26. The lowest BCUT2D eigenvalue weighted by molar-refractivity contribution is -0.121. The average molecular weight is 378 g/mol. The van der Waals surface area contributed by atoms with Gasteiger partial charge in [-0.25, -0.2) is 4.98 Å². The predicted octanol–water partition coefficient (Wildman–Crippen LogP) is 3.71. The van der Waals surface area contributed by atoms with Gasteiger partial charge in [0.2, 0.25) is 11.8 Å². The van der Waals surface area contributed by atoms with Crippen LogP contribution in [0.25, 0.3) is 11.0 Å². The Morgan fingerprint density at radius 1 is 1.00 bits per heavy atom. The topological polar surface area (TPSA) is 76.0 Å². The van der Waals surface area contributed by atoms with Crippen LogP contribution in [0.1, 0.15) is 36.7 Å². The highest BCUT2D eigenvalue weighted by molar-refractivity contribution is 5.93. The highest BCUT2D eigenvalue weighted by atomic mass is 16.2. The van der Waals surface area contributed by atoms with Crippen molar-refractivity contribution in [3.63, 3.8) is 0 Å². The van der Waals surface area contributed by atoms with Crippen LogP contribution in [-0.4, -0.2) is 21.4 Å². The number of aromatic nitrogens is 2. The van der Waals surface area contributed by atoms with E-state index in [9.17, 15) is 9.59 Å². The predicted molar refractivity (Wildman–Crippen MR) is 111 cm³/mol. The minimum Gasteiger partial charge on any atom is -0.349 e. The molecule has 0 saturated carbocycles. The lowest BCUT2D eigenvalue weighted by Crippen LogP contribution is -2.26. The molecule has 0 saturated heterocycles. The van der Waals surface area contributed by atoms with E-state index in [1.54, 1.807) is 0 Å². The maximum absolute atomic E-state index is 12.8. The van der Waals surface area contributed by atoms with Gasteiger partial charge in [-0.15, -0.1) is 0 Å². The van der Waals surface area contributed by atoms with Crippen LogP contribution in [0.4, 0.5) is 5.69 Å². The summed E-state index contributed by atoms with van der Waals surface area (Å²) in [7, 11) is 0. The lowest BCUT2D eigenvalue weighted by atomic mass is 10.1. The number of carbonyl (C=O) groups excluding carboxylic acids is 2. The van der Waals surface area contributed by atoms with E-state index in [0.29, 0.717) is 18.8 Å². The standard InChI is InChI=1S/C22H26N4O2/c1-4-8-20(27)23-13-19-24-17-11-5-6-12-18(17)26(19)14-21(28)25-22-15(2)9-7-10-16(22)3/h5-7,9-12H,4,8,13-14H2,1-3H3,(H,23,27)(H,25,28). The highest BCUT2D eigenvalue weighted by Crippen LogP contribution is 2.20. The molecule has 2 amide bonds. The van der Waals surface area contributed by atoms with Crippen LogP contribution in [0.3, 0.4) is 0 Å². The van der Waals surface area contributed by atoms with Gasteiger partial charge in [0.1, 0.15) is 12.4 Å². The van der Waals surface area contributed by atoms with Gasteiger partial charge in [-0.05, 0) is 43.5 Å². The van der Waals surface area contributed by atoms with Crippen LogP contribution >= 0.6 is 0 Å². The Kier molecular flexibility index (Phi) is 6.09. The van der Waals surface area contributed by atoms with Crippen molar-refractivity contribution in [3.8, 4) is 0 Å². The summed E-state index contributed by atoms with van der Waals surface area (Å²) in [6, 6.07) is 13.6. The van der Waals surface area contributed by atoms with E-state index >= 15 is 0 Å². The second-order valence-electron chi connectivity index (χ2n) is 6.94. The first-order valence-corrected chi connectivity index (χ1v) is 9.56. The Hall–Kier alpha value is -3.15. The summed E-state index contributed by atoms with van der Waals surface area (Å²) in [6.45, 7) is 6.35. The van der Waals surface area contributed by atoms with Crippen molar-refractivity contribution in [2.45, 2.75) is 46.7 Å². The van der Waals surface area contributed by atoms with Gasteiger partial charge in [-0.3, -0.25) is 9.59 Å². The molecular formula is C22H26N4O2. The molecular weight excluding hydrogens is 352 g/mol. The minimum atomic E-state index is -0.123. The maximum Gasteiger partial charge on any atom is 0.244 e. The maximum atomic E-state index is 12.8. The van der Waals surface area contributed by atoms with Gasteiger partial charge in [0.05, 0.1) is 17.6 Å². The van der Waals surface area contributed by atoms with Gasteiger partial charge in [0, 0.05) is 12.1 Å². The molecule has 0 aliphatic heterocycles. The number of amides is 2. The Labute approximate surface area is 165 Å². The summed E-state index contributed by atoms with van der Waals surface area (Å²) < 4.78 is 1.87. The molecule has 6 nitrogen and oxygen atoms in total. The summed E-state index contributed by atoms with van der Waals surface area (Å²) in [5.74, 6) is 0.532. The lowest BCUT2D eigenvalue weighted by Gasteiger charge is -2.14. The monoisotopic (exact) mass is 378 g/mol. The van der Waals surface area contributed by atoms with Crippen molar-refractivity contribution in [1.82, 2.24) is 14.9 Å². The van der Waals surface area contributed by atoms with Gasteiger partial charge in [0.25, 0.3) is 0 Å². The molecule has 0 unspecified atom stereocenters. The summed E-state index contributed by atoms with van der Waals surface area (Å²) in [4.78, 5) is 29.2. The van der Waals surface area contributed by atoms with E-state index in [4.69, 9.17) is 0 Å². The molecule has 0 fully saturated rings. The number of hydrogen-bond acceptors (Lipinski definition) is 3. The van der Waals surface area contributed by atoms with Crippen molar-refractivity contribution in [2.24, 2.45) is 0 Å². The summed E-state index contributed by atoms with van der Waals surface area (Å²) in [5, 5.41) is 5.91. The Balaban J connectivity index is 1.83. The molecule has 1 aromatic heterocycles. The number of hydrogen-bond donors (Lipinski definition) is 2. The molecule has 0 radical (unpaired) electrons. The molecule has 6 heteroatoms. The van der Waals surface area contributed by atoms with Crippen LogP contribution in [0.5, 0.6) is 0 Å². The second-order valence-corrected chi connectivity index (χ2v) is 6.94. The molecule has 1 heterocycles. The number of nitrogens with one attached hydrogen (secondary N) is 2. The Morgan fingerprint density at radius 2 is 1.71 bits per heavy atom. The van der Waals surface area contributed by atoms with Crippen molar-refractivity contribution >= 4 is 28.5 Å². The van der Waals surface area contributed by atoms with Crippen molar-refractivity contribution in [1.29, 1.82) is 0 Å². The first-order valence-electron chi connectivity index (χ1n) is 9.56. The Bertz CT molecular complexity index is 987. The van der Waals surface area contributed by atoms with Crippen molar-refractivity contribution in [3.05, 3.63) is 59.4 Å². The molecule has 3 rings (SSSR count). The van der Waals surface area contributed by atoms with Gasteiger partial charge in [-0.2, -0.15) is 0 Å². The third-order valence-corrected chi connectivity index (χ3v) is 4.70. The van der Waals surface area contributed by atoms with E-state index in [1.807, 2.05) is 67.8 Å². The van der Waals surface area contributed by atoms with Crippen LogP contribution in [-0.2, 0) is 22.7 Å². The molecule has 3 aromatic rings. The smallest absolute Gasteiger partial charge is 0.244 e. The SMILES string of the molecule is CCCC(=O)NCc1nc2ccccc2n1CC(=O)Nc1c(C)cccc1C. The molecule has 0 aliphatic rings.